The van der Waals surface area contributed by atoms with E-state index in [-0.39, 0.29) is 29.4 Å². The standard InChI is InChI=1S/C30H25N7O3/c1-18(35-29(39)25-26-21(11-8-16-33-26)17-34-27(25)31)28-36-23-14-6-9-20(10-7-15-32-19(2)38)24(23)30(40)37(28)22-12-4-3-5-13-22/h3-6,8-9,11-14,16-18H,15H2,1-2H3,(H2,31,34)(H,32,38)(H,35,39)/t18-/m0/s1. The fraction of sp³-hybridized carbons (Fsp3) is 0.133. The van der Waals surface area contributed by atoms with Gasteiger partial charge in [0.1, 0.15) is 17.2 Å². The van der Waals surface area contributed by atoms with E-state index in [4.69, 9.17) is 10.7 Å². The number of hydrogen-bond acceptors (Lipinski definition) is 7. The molecular formula is C30H25N7O3. The van der Waals surface area contributed by atoms with Crippen molar-refractivity contribution in [1.82, 2.24) is 30.2 Å². The van der Waals surface area contributed by atoms with Crippen molar-refractivity contribution in [1.29, 1.82) is 0 Å². The van der Waals surface area contributed by atoms with Crippen LogP contribution in [0.2, 0.25) is 0 Å². The number of para-hydroxylation sites is 1. The van der Waals surface area contributed by atoms with Crippen LogP contribution in [0.4, 0.5) is 5.82 Å². The summed E-state index contributed by atoms with van der Waals surface area (Å²) in [5.41, 5.74) is 7.80. The highest BCUT2D eigenvalue weighted by atomic mass is 16.2. The molecule has 3 heterocycles. The first-order valence-electron chi connectivity index (χ1n) is 12.5. The van der Waals surface area contributed by atoms with Gasteiger partial charge >= 0.3 is 0 Å². The Kier molecular flexibility index (Phi) is 7.20. The third kappa shape index (κ3) is 5.08. The highest BCUT2D eigenvalue weighted by Gasteiger charge is 2.23. The molecular weight excluding hydrogens is 506 g/mol. The summed E-state index contributed by atoms with van der Waals surface area (Å²) >= 11 is 0. The summed E-state index contributed by atoms with van der Waals surface area (Å²) in [6.07, 6.45) is 3.14. The molecule has 0 fully saturated rings. The van der Waals surface area contributed by atoms with Gasteiger partial charge in [-0.05, 0) is 43.3 Å². The second kappa shape index (κ2) is 11.0. The van der Waals surface area contributed by atoms with Gasteiger partial charge in [0.05, 0.1) is 34.7 Å². The van der Waals surface area contributed by atoms with Crippen molar-refractivity contribution in [3.63, 3.8) is 0 Å². The van der Waals surface area contributed by atoms with Crippen LogP contribution < -0.4 is 21.9 Å². The minimum atomic E-state index is -0.710. The summed E-state index contributed by atoms with van der Waals surface area (Å²) in [7, 11) is 0. The molecule has 0 aliphatic heterocycles. The minimum Gasteiger partial charge on any atom is -0.383 e. The lowest BCUT2D eigenvalue weighted by Gasteiger charge is -2.20. The second-order valence-corrected chi connectivity index (χ2v) is 9.01. The summed E-state index contributed by atoms with van der Waals surface area (Å²) in [5.74, 6) is 5.52. The third-order valence-electron chi connectivity index (χ3n) is 6.22. The molecule has 0 saturated carbocycles. The first-order chi connectivity index (χ1) is 19.3. The average Bonchev–Trinajstić information content (AvgIpc) is 2.95. The number of nitrogens with zero attached hydrogens (tertiary/aromatic N) is 4. The molecule has 2 amide bonds. The molecule has 0 saturated heterocycles. The molecule has 0 unspecified atom stereocenters. The summed E-state index contributed by atoms with van der Waals surface area (Å²) in [6.45, 7) is 3.30. The smallest absolute Gasteiger partial charge is 0.267 e. The summed E-state index contributed by atoms with van der Waals surface area (Å²) in [5, 5.41) is 6.54. The normalized spacial score (nSPS) is 11.4. The highest BCUT2D eigenvalue weighted by molar-refractivity contribution is 6.09. The lowest BCUT2D eigenvalue weighted by atomic mass is 10.1. The first-order valence-corrected chi connectivity index (χ1v) is 12.5. The SMILES string of the molecule is CC(=O)NCC#Cc1cccc2nc([C@H](C)NC(=O)c3c(N)ncc4cccnc34)n(-c3ccccc3)c(=O)c12. The summed E-state index contributed by atoms with van der Waals surface area (Å²) in [4.78, 5) is 52.0. The van der Waals surface area contributed by atoms with Crippen molar-refractivity contribution in [3.05, 3.63) is 100 Å². The monoisotopic (exact) mass is 531 g/mol. The quantitative estimate of drug-likeness (QED) is 0.296. The Balaban J connectivity index is 1.62. The van der Waals surface area contributed by atoms with Gasteiger partial charge < -0.3 is 16.4 Å². The van der Waals surface area contributed by atoms with Crippen LogP contribution >= 0.6 is 0 Å². The van der Waals surface area contributed by atoms with E-state index in [1.165, 1.54) is 11.5 Å². The van der Waals surface area contributed by atoms with Gasteiger partial charge in [0, 0.05) is 30.3 Å². The molecule has 0 radical (unpaired) electrons. The van der Waals surface area contributed by atoms with Crippen LogP contribution in [0.5, 0.6) is 0 Å². The van der Waals surface area contributed by atoms with Gasteiger partial charge in [-0.3, -0.25) is 23.9 Å². The van der Waals surface area contributed by atoms with Crippen LogP contribution in [0.15, 0.2) is 77.9 Å². The number of anilines is 1. The Morgan fingerprint density at radius 2 is 1.85 bits per heavy atom. The lowest BCUT2D eigenvalue weighted by molar-refractivity contribution is -0.118. The third-order valence-corrected chi connectivity index (χ3v) is 6.22. The van der Waals surface area contributed by atoms with Crippen molar-refractivity contribution in [2.45, 2.75) is 19.9 Å². The maximum absolute atomic E-state index is 14.0. The molecule has 4 N–H and O–H groups in total. The Bertz CT molecular complexity index is 1890. The number of nitrogens with one attached hydrogen (secondary N) is 2. The van der Waals surface area contributed by atoms with Gasteiger partial charge in [0.15, 0.2) is 0 Å². The van der Waals surface area contributed by atoms with Crippen LogP contribution in [-0.2, 0) is 4.79 Å². The van der Waals surface area contributed by atoms with Crippen LogP contribution in [0.25, 0.3) is 27.5 Å². The molecule has 0 aliphatic carbocycles. The number of nitrogen functional groups attached to an aromatic ring is 1. The molecule has 198 valence electrons. The zero-order valence-corrected chi connectivity index (χ0v) is 21.8. The maximum Gasteiger partial charge on any atom is 0.267 e. The number of rotatable bonds is 5. The molecule has 1 atom stereocenters. The van der Waals surface area contributed by atoms with E-state index in [0.29, 0.717) is 38.9 Å². The van der Waals surface area contributed by atoms with Crippen molar-refractivity contribution < 1.29 is 9.59 Å². The Hall–Kier alpha value is -5.56. The Labute approximate surface area is 229 Å². The molecule has 10 heteroatoms. The lowest BCUT2D eigenvalue weighted by Crippen LogP contribution is -2.34. The average molecular weight is 532 g/mol. The summed E-state index contributed by atoms with van der Waals surface area (Å²) in [6, 6.07) is 17.1. The predicted molar refractivity (Wildman–Crippen MR) is 153 cm³/mol. The second-order valence-electron chi connectivity index (χ2n) is 9.01. The van der Waals surface area contributed by atoms with E-state index in [1.54, 1.807) is 61.8 Å². The van der Waals surface area contributed by atoms with E-state index >= 15 is 0 Å². The van der Waals surface area contributed by atoms with E-state index < -0.39 is 11.9 Å². The van der Waals surface area contributed by atoms with Gasteiger partial charge in [0.2, 0.25) is 5.91 Å². The van der Waals surface area contributed by atoms with E-state index in [9.17, 15) is 14.4 Å². The predicted octanol–water partition coefficient (Wildman–Crippen LogP) is 2.89. The number of fused-ring (bicyclic) bond motifs is 2. The van der Waals surface area contributed by atoms with Gasteiger partial charge in [-0.1, -0.05) is 36.1 Å². The number of benzene rings is 2. The fourth-order valence-electron chi connectivity index (χ4n) is 4.39. The highest BCUT2D eigenvalue weighted by Crippen LogP contribution is 2.23. The molecule has 10 nitrogen and oxygen atoms in total. The minimum absolute atomic E-state index is 0.0466. The zero-order chi connectivity index (χ0) is 28.2. The van der Waals surface area contributed by atoms with Crippen molar-refractivity contribution >= 4 is 39.4 Å². The van der Waals surface area contributed by atoms with Gasteiger partial charge in [0.25, 0.3) is 11.5 Å². The van der Waals surface area contributed by atoms with E-state index in [1.807, 2.05) is 18.2 Å². The summed E-state index contributed by atoms with van der Waals surface area (Å²) < 4.78 is 1.47. The van der Waals surface area contributed by atoms with E-state index in [2.05, 4.69) is 32.4 Å². The molecule has 40 heavy (non-hydrogen) atoms. The molecule has 3 aromatic heterocycles. The molecule has 2 aromatic carbocycles. The van der Waals surface area contributed by atoms with Gasteiger partial charge in [-0.15, -0.1) is 0 Å². The first kappa shape index (κ1) is 26.1. The van der Waals surface area contributed by atoms with Crippen molar-refractivity contribution in [2.75, 3.05) is 12.3 Å². The largest absolute Gasteiger partial charge is 0.383 e. The number of amides is 2. The van der Waals surface area contributed by atoms with Gasteiger partial charge in [-0.25, -0.2) is 9.97 Å². The number of pyridine rings is 2. The number of hydrogen-bond donors (Lipinski definition) is 3. The number of nitrogens with two attached hydrogens (primary N) is 1. The molecule has 5 aromatic rings. The molecule has 0 aliphatic rings. The van der Waals surface area contributed by atoms with E-state index in [0.717, 1.165) is 0 Å². The molecule has 0 spiro atoms. The number of aromatic nitrogens is 4. The van der Waals surface area contributed by atoms with Crippen LogP contribution in [0.3, 0.4) is 0 Å². The molecule has 0 bridgehead atoms. The maximum atomic E-state index is 14.0. The van der Waals surface area contributed by atoms with Crippen LogP contribution in [0.1, 0.15) is 41.6 Å². The fourth-order valence-corrected chi connectivity index (χ4v) is 4.39. The van der Waals surface area contributed by atoms with Crippen LogP contribution in [0, 0.1) is 11.8 Å². The number of carbonyl (C=O) groups excluding carboxylic acids is 2. The zero-order valence-electron chi connectivity index (χ0n) is 21.8. The van der Waals surface area contributed by atoms with Gasteiger partial charge in [-0.2, -0.15) is 0 Å². The Morgan fingerprint density at radius 1 is 1.05 bits per heavy atom. The van der Waals surface area contributed by atoms with Crippen molar-refractivity contribution in [2.24, 2.45) is 0 Å². The Morgan fingerprint density at radius 3 is 2.62 bits per heavy atom. The molecule has 5 rings (SSSR count). The number of carbonyl (C=O) groups is 2. The van der Waals surface area contributed by atoms with Crippen LogP contribution in [-0.4, -0.2) is 37.9 Å². The topological polar surface area (TPSA) is 145 Å². The van der Waals surface area contributed by atoms with Crippen molar-refractivity contribution in [3.8, 4) is 17.5 Å².